The van der Waals surface area contributed by atoms with Gasteiger partial charge in [-0.2, -0.15) is 0 Å². The van der Waals surface area contributed by atoms with Gasteiger partial charge in [0.15, 0.2) is 0 Å². The molecule has 0 aliphatic carbocycles. The highest BCUT2D eigenvalue weighted by atomic mass is 35.5. The van der Waals surface area contributed by atoms with Gasteiger partial charge >= 0.3 is 0 Å². The smallest absolute Gasteiger partial charge is 0.212 e. The molecule has 2 aliphatic heterocycles. The van der Waals surface area contributed by atoms with Crippen LogP contribution in [0.4, 0.5) is 4.39 Å². The Kier molecular flexibility index (Phi) is 4.69. The Bertz CT molecular complexity index is 1040. The molecule has 2 aliphatic rings. The molecule has 1 fully saturated rings. The van der Waals surface area contributed by atoms with Crippen LogP contribution in [-0.4, -0.2) is 51.2 Å². The lowest BCUT2D eigenvalue weighted by Gasteiger charge is -2.26. The molecule has 1 aromatic carbocycles. The van der Waals surface area contributed by atoms with Gasteiger partial charge in [-0.25, -0.2) is 14.1 Å². The number of pyridine rings is 1. The molecule has 2 aromatic heterocycles. The van der Waals surface area contributed by atoms with Gasteiger partial charge in [-0.05, 0) is 23.8 Å². The molecule has 1 saturated heterocycles. The number of methoxy groups -OCH3 is 1. The lowest BCUT2D eigenvalue weighted by Crippen LogP contribution is -2.32. The molecule has 29 heavy (non-hydrogen) atoms. The maximum Gasteiger partial charge on any atom is 0.212 e. The number of ether oxygens (including phenoxy) is 2. The Balaban J connectivity index is 1.37. The molecule has 5 rings (SSSR count). The van der Waals surface area contributed by atoms with E-state index in [9.17, 15) is 4.39 Å². The van der Waals surface area contributed by atoms with E-state index < -0.39 is 0 Å². The highest BCUT2D eigenvalue weighted by Gasteiger charge is 2.40. The second kappa shape index (κ2) is 7.37. The number of rotatable bonds is 4. The van der Waals surface area contributed by atoms with Crippen molar-refractivity contribution < 1.29 is 13.9 Å². The number of nitrogens with zero attached hydrogens (tertiary/aromatic N) is 5. The summed E-state index contributed by atoms with van der Waals surface area (Å²) in [7, 11) is 1.60. The van der Waals surface area contributed by atoms with Crippen molar-refractivity contribution in [2.75, 3.05) is 20.2 Å². The zero-order chi connectivity index (χ0) is 20.0. The van der Waals surface area contributed by atoms with E-state index in [-0.39, 0.29) is 18.0 Å². The van der Waals surface area contributed by atoms with Crippen LogP contribution in [0.25, 0.3) is 11.3 Å². The van der Waals surface area contributed by atoms with Crippen LogP contribution in [-0.2, 0) is 17.9 Å². The van der Waals surface area contributed by atoms with Gasteiger partial charge in [-0.15, -0.1) is 5.10 Å². The molecule has 0 amide bonds. The van der Waals surface area contributed by atoms with Gasteiger partial charge in [0.1, 0.15) is 11.5 Å². The molecule has 0 bridgehead atoms. The van der Waals surface area contributed by atoms with E-state index in [2.05, 4.69) is 20.2 Å². The molecule has 0 unspecified atom stereocenters. The summed E-state index contributed by atoms with van der Waals surface area (Å²) in [6, 6.07) is 8.25. The van der Waals surface area contributed by atoms with Crippen molar-refractivity contribution in [3.05, 3.63) is 58.6 Å². The first kappa shape index (κ1) is 18.5. The van der Waals surface area contributed by atoms with Crippen molar-refractivity contribution in [1.29, 1.82) is 0 Å². The van der Waals surface area contributed by atoms with Crippen LogP contribution >= 0.6 is 11.6 Å². The summed E-state index contributed by atoms with van der Waals surface area (Å²) in [6.45, 7) is 2.77. The average Bonchev–Trinajstić information content (AvgIpc) is 3.32. The summed E-state index contributed by atoms with van der Waals surface area (Å²) in [6.07, 6.45) is 1.88. The van der Waals surface area contributed by atoms with E-state index >= 15 is 0 Å². The third kappa shape index (κ3) is 3.37. The second-order valence-corrected chi connectivity index (χ2v) is 7.68. The molecule has 9 heteroatoms. The normalized spacial score (nSPS) is 21.1. The molecule has 150 valence electrons. The van der Waals surface area contributed by atoms with Crippen molar-refractivity contribution in [3.8, 4) is 17.1 Å². The minimum Gasteiger partial charge on any atom is -0.481 e. The van der Waals surface area contributed by atoms with Crippen LogP contribution in [0.1, 0.15) is 17.3 Å². The Morgan fingerprint density at radius 1 is 1.28 bits per heavy atom. The van der Waals surface area contributed by atoms with Crippen molar-refractivity contribution in [1.82, 2.24) is 24.9 Å². The van der Waals surface area contributed by atoms with E-state index in [4.69, 9.17) is 21.1 Å². The lowest BCUT2D eigenvalue weighted by atomic mass is 10.1. The minimum absolute atomic E-state index is 0.0481. The quantitative estimate of drug-likeness (QED) is 0.652. The Hall–Kier alpha value is -2.55. The molecule has 7 nitrogen and oxygen atoms in total. The molecule has 0 spiro atoms. The van der Waals surface area contributed by atoms with E-state index in [0.717, 1.165) is 30.9 Å². The van der Waals surface area contributed by atoms with Crippen molar-refractivity contribution in [2.45, 2.75) is 25.3 Å². The van der Waals surface area contributed by atoms with Crippen LogP contribution < -0.4 is 4.74 Å². The highest BCUT2D eigenvalue weighted by molar-refractivity contribution is 6.33. The lowest BCUT2D eigenvalue weighted by molar-refractivity contribution is -0.00494. The van der Waals surface area contributed by atoms with Gasteiger partial charge < -0.3 is 9.47 Å². The number of halogens is 2. The topological polar surface area (TPSA) is 65.3 Å². The van der Waals surface area contributed by atoms with Crippen LogP contribution in [0.15, 0.2) is 36.5 Å². The molecule has 3 aromatic rings. The Morgan fingerprint density at radius 3 is 2.93 bits per heavy atom. The molecule has 0 radical (unpaired) electrons. The Morgan fingerprint density at radius 2 is 2.17 bits per heavy atom. The average molecular weight is 416 g/mol. The first-order valence-electron chi connectivity index (χ1n) is 9.34. The molecule has 0 saturated carbocycles. The number of aromatic nitrogens is 4. The van der Waals surface area contributed by atoms with Crippen molar-refractivity contribution >= 4 is 11.6 Å². The fraction of sp³-hybridized carbons (Fsp3) is 0.350. The largest absolute Gasteiger partial charge is 0.481 e. The summed E-state index contributed by atoms with van der Waals surface area (Å²) < 4.78 is 26.6. The third-order valence-electron chi connectivity index (χ3n) is 5.45. The number of fused-ring (bicyclic) bond motifs is 3. The SMILES string of the molecule is COc1ccc(CN2C[C@@H]3OCc4c(-c5ccc(F)cc5Cl)nnn4[C@H]3C2)cn1. The molecule has 0 N–H and O–H groups in total. The van der Waals surface area contributed by atoms with Gasteiger partial charge in [0.2, 0.25) is 5.88 Å². The van der Waals surface area contributed by atoms with Crippen molar-refractivity contribution in [2.24, 2.45) is 0 Å². The molecule has 4 heterocycles. The number of hydrogen-bond donors (Lipinski definition) is 0. The zero-order valence-corrected chi connectivity index (χ0v) is 16.5. The molecular weight excluding hydrogens is 397 g/mol. The summed E-state index contributed by atoms with van der Waals surface area (Å²) in [5.74, 6) is 0.224. The molecular formula is C20H19ClFN5O2. The fourth-order valence-electron chi connectivity index (χ4n) is 4.03. The summed E-state index contributed by atoms with van der Waals surface area (Å²) in [5, 5.41) is 9.03. The standard InChI is InChI=1S/C20H19ClFN5O2/c1-28-19-5-2-12(7-23-19)8-26-9-16-18(10-26)29-11-17-20(24-25-27(16)17)14-4-3-13(22)6-15(14)21/h2-7,16,18H,8-11H2,1H3/t16-,18-/m0/s1. The van der Waals surface area contributed by atoms with Gasteiger partial charge in [-0.3, -0.25) is 4.90 Å². The van der Waals surface area contributed by atoms with Crippen LogP contribution in [0.2, 0.25) is 5.02 Å². The maximum atomic E-state index is 13.4. The van der Waals surface area contributed by atoms with E-state index in [1.807, 2.05) is 23.0 Å². The van der Waals surface area contributed by atoms with Crippen LogP contribution in [0.3, 0.4) is 0 Å². The fourth-order valence-corrected chi connectivity index (χ4v) is 4.29. The van der Waals surface area contributed by atoms with E-state index in [1.165, 1.54) is 12.1 Å². The third-order valence-corrected chi connectivity index (χ3v) is 5.76. The van der Waals surface area contributed by atoms with Gasteiger partial charge in [0, 0.05) is 37.5 Å². The van der Waals surface area contributed by atoms with Gasteiger partial charge in [-0.1, -0.05) is 22.9 Å². The maximum absolute atomic E-state index is 13.4. The van der Waals surface area contributed by atoms with E-state index in [0.29, 0.717) is 28.8 Å². The highest BCUT2D eigenvalue weighted by Crippen LogP contribution is 2.36. The van der Waals surface area contributed by atoms with E-state index in [1.54, 1.807) is 13.2 Å². The predicted molar refractivity (Wildman–Crippen MR) is 104 cm³/mol. The second-order valence-electron chi connectivity index (χ2n) is 7.27. The minimum atomic E-state index is -0.379. The zero-order valence-electron chi connectivity index (χ0n) is 15.8. The summed E-state index contributed by atoms with van der Waals surface area (Å²) >= 11 is 6.23. The monoisotopic (exact) mass is 415 g/mol. The van der Waals surface area contributed by atoms with Crippen molar-refractivity contribution in [3.63, 3.8) is 0 Å². The first-order valence-corrected chi connectivity index (χ1v) is 9.72. The van der Waals surface area contributed by atoms with Crippen LogP contribution in [0.5, 0.6) is 5.88 Å². The summed E-state index contributed by atoms with van der Waals surface area (Å²) in [5.41, 5.74) is 3.29. The van der Waals surface area contributed by atoms with Gasteiger partial charge in [0.05, 0.1) is 36.6 Å². The van der Waals surface area contributed by atoms with Gasteiger partial charge in [0.25, 0.3) is 0 Å². The number of benzene rings is 1. The number of likely N-dealkylation sites (tertiary alicyclic amines) is 1. The van der Waals surface area contributed by atoms with Crippen LogP contribution in [0, 0.1) is 5.82 Å². The number of hydrogen-bond acceptors (Lipinski definition) is 6. The molecule has 2 atom stereocenters. The summed E-state index contributed by atoms with van der Waals surface area (Å²) in [4.78, 5) is 6.59. The first-order chi connectivity index (χ1) is 14.1. The predicted octanol–water partition coefficient (Wildman–Crippen LogP) is 3.10. The Labute approximate surface area is 172 Å².